The van der Waals surface area contributed by atoms with Crippen LogP contribution < -0.4 is 0 Å². The van der Waals surface area contributed by atoms with Crippen LogP contribution in [0.4, 0.5) is 0 Å². The molecular formula is C39H27NS. The van der Waals surface area contributed by atoms with E-state index < -0.39 is 0 Å². The van der Waals surface area contributed by atoms with Crippen molar-refractivity contribution in [1.29, 1.82) is 0 Å². The number of benzene rings is 6. The van der Waals surface area contributed by atoms with Gasteiger partial charge in [0.25, 0.3) is 0 Å². The van der Waals surface area contributed by atoms with Crippen LogP contribution in [-0.2, 0) is 5.41 Å². The highest BCUT2D eigenvalue weighted by atomic mass is 32.1. The molecule has 2 aromatic heterocycles. The first-order chi connectivity index (χ1) is 20.1. The fourth-order valence-corrected chi connectivity index (χ4v) is 8.24. The van der Waals surface area contributed by atoms with Crippen molar-refractivity contribution in [2.45, 2.75) is 19.3 Å². The normalized spacial score (nSPS) is 13.8. The third kappa shape index (κ3) is 3.17. The second-order valence-electron chi connectivity index (χ2n) is 11.8. The maximum Gasteiger partial charge on any atom is 0.0547 e. The summed E-state index contributed by atoms with van der Waals surface area (Å²) in [7, 11) is 0. The van der Waals surface area contributed by atoms with Crippen LogP contribution in [0.2, 0.25) is 0 Å². The van der Waals surface area contributed by atoms with Crippen LogP contribution in [0.15, 0.2) is 127 Å². The summed E-state index contributed by atoms with van der Waals surface area (Å²) in [6, 6.07) is 47.3. The van der Waals surface area contributed by atoms with E-state index in [4.69, 9.17) is 0 Å². The first-order valence-corrected chi connectivity index (χ1v) is 15.1. The summed E-state index contributed by atoms with van der Waals surface area (Å²) in [5, 5.41) is 5.30. The van der Waals surface area contributed by atoms with Crippen molar-refractivity contribution in [3.05, 3.63) is 139 Å². The van der Waals surface area contributed by atoms with Crippen LogP contribution in [0.3, 0.4) is 0 Å². The Kier molecular flexibility index (Phi) is 4.61. The van der Waals surface area contributed by atoms with Crippen molar-refractivity contribution in [3.8, 4) is 27.9 Å². The molecule has 1 aliphatic carbocycles. The summed E-state index contributed by atoms with van der Waals surface area (Å²) in [4.78, 5) is 0. The van der Waals surface area contributed by atoms with E-state index in [9.17, 15) is 0 Å². The Morgan fingerprint density at radius 1 is 0.488 bits per heavy atom. The molecular weight excluding hydrogens is 515 g/mol. The lowest BCUT2D eigenvalue weighted by Crippen LogP contribution is -2.14. The summed E-state index contributed by atoms with van der Waals surface area (Å²) < 4.78 is 5.13. The number of rotatable bonds is 2. The number of thiophene rings is 1. The van der Waals surface area contributed by atoms with Crippen LogP contribution in [0.1, 0.15) is 25.0 Å². The van der Waals surface area contributed by atoms with Gasteiger partial charge in [-0.25, -0.2) is 0 Å². The van der Waals surface area contributed by atoms with Crippen LogP contribution in [0.25, 0.3) is 69.9 Å². The highest BCUT2D eigenvalue weighted by Gasteiger charge is 2.36. The van der Waals surface area contributed by atoms with E-state index in [2.05, 4.69) is 146 Å². The zero-order chi connectivity index (χ0) is 27.3. The first-order valence-electron chi connectivity index (χ1n) is 14.3. The molecule has 0 unspecified atom stereocenters. The Morgan fingerprint density at radius 2 is 1.20 bits per heavy atom. The Morgan fingerprint density at radius 3 is 2.07 bits per heavy atom. The molecule has 0 saturated heterocycles. The van der Waals surface area contributed by atoms with Gasteiger partial charge in [-0.15, -0.1) is 11.3 Å². The Bertz CT molecular complexity index is 2330. The van der Waals surface area contributed by atoms with Crippen LogP contribution in [0.5, 0.6) is 0 Å². The first kappa shape index (κ1) is 23.1. The molecule has 9 rings (SSSR count). The van der Waals surface area contributed by atoms with Gasteiger partial charge in [0.05, 0.1) is 11.0 Å². The molecule has 0 saturated carbocycles. The summed E-state index contributed by atoms with van der Waals surface area (Å²) in [6.45, 7) is 4.72. The lowest BCUT2D eigenvalue weighted by molar-refractivity contribution is 0.661. The molecule has 0 atom stereocenters. The minimum atomic E-state index is -0.0140. The topological polar surface area (TPSA) is 4.93 Å². The number of hydrogen-bond donors (Lipinski definition) is 0. The number of aromatic nitrogens is 1. The van der Waals surface area contributed by atoms with Crippen LogP contribution >= 0.6 is 11.3 Å². The molecule has 0 spiro atoms. The highest BCUT2D eigenvalue weighted by molar-refractivity contribution is 7.25. The fourth-order valence-electron chi connectivity index (χ4n) is 7.15. The van der Waals surface area contributed by atoms with Crippen molar-refractivity contribution in [2.24, 2.45) is 0 Å². The SMILES string of the molecule is CC1(C)c2ccccc2-c2cc3c(cc21)c1ccccc1n3-c1ccc(-c2ccc3sc4ccccc4c3c2)cc1. The minimum Gasteiger partial charge on any atom is -0.309 e. The summed E-state index contributed by atoms with van der Waals surface area (Å²) >= 11 is 1.87. The molecule has 0 amide bonds. The van der Waals surface area contributed by atoms with Crippen molar-refractivity contribution in [1.82, 2.24) is 4.57 Å². The molecule has 0 radical (unpaired) electrons. The Labute approximate surface area is 242 Å². The zero-order valence-electron chi connectivity index (χ0n) is 23.0. The van der Waals surface area contributed by atoms with Crippen molar-refractivity contribution < 1.29 is 0 Å². The van der Waals surface area contributed by atoms with Gasteiger partial charge < -0.3 is 4.57 Å². The largest absolute Gasteiger partial charge is 0.309 e. The Hall–Kier alpha value is -4.66. The second-order valence-corrected chi connectivity index (χ2v) is 12.9. The fraction of sp³-hybridized carbons (Fsp3) is 0.0769. The van der Waals surface area contributed by atoms with Crippen molar-refractivity contribution in [3.63, 3.8) is 0 Å². The Balaban J connectivity index is 1.23. The molecule has 1 nitrogen and oxygen atoms in total. The standard InChI is InChI=1S/C39H27NS/c1-39(2)33-12-6-3-9-27(33)30-23-36-31(22-34(30)39)28-10-4-7-13-35(28)40(36)26-18-15-24(16-19-26)25-17-20-38-32(21-25)29-11-5-8-14-37(29)41-38/h3-23H,1-2H3. The van der Waals surface area contributed by atoms with Gasteiger partial charge in [-0.2, -0.15) is 0 Å². The molecule has 0 N–H and O–H groups in total. The molecule has 194 valence electrons. The lowest BCUT2D eigenvalue weighted by atomic mass is 9.82. The smallest absolute Gasteiger partial charge is 0.0547 e. The van der Waals surface area contributed by atoms with E-state index in [1.54, 1.807) is 0 Å². The summed E-state index contributed by atoms with van der Waals surface area (Å²) in [5.74, 6) is 0. The van der Waals surface area contributed by atoms with Gasteiger partial charge in [0.15, 0.2) is 0 Å². The predicted molar refractivity (Wildman–Crippen MR) is 177 cm³/mol. The molecule has 2 heteroatoms. The van der Waals surface area contributed by atoms with E-state index in [0.29, 0.717) is 0 Å². The highest BCUT2D eigenvalue weighted by Crippen LogP contribution is 2.51. The van der Waals surface area contributed by atoms with E-state index >= 15 is 0 Å². The lowest BCUT2D eigenvalue weighted by Gasteiger charge is -2.21. The molecule has 8 aromatic rings. The van der Waals surface area contributed by atoms with Gasteiger partial charge >= 0.3 is 0 Å². The minimum absolute atomic E-state index is 0.0140. The third-order valence-corrected chi connectivity index (χ3v) is 10.4. The van der Waals surface area contributed by atoms with Gasteiger partial charge in [-0.3, -0.25) is 0 Å². The van der Waals surface area contributed by atoms with E-state index in [-0.39, 0.29) is 5.41 Å². The van der Waals surface area contributed by atoms with Gasteiger partial charge in [-0.05, 0) is 81.9 Å². The monoisotopic (exact) mass is 541 g/mol. The maximum absolute atomic E-state index is 2.46. The number of hydrogen-bond acceptors (Lipinski definition) is 1. The molecule has 0 aliphatic heterocycles. The van der Waals surface area contributed by atoms with E-state index in [1.807, 2.05) is 11.3 Å². The molecule has 0 fully saturated rings. The molecule has 41 heavy (non-hydrogen) atoms. The third-order valence-electron chi connectivity index (χ3n) is 9.21. The van der Waals surface area contributed by atoms with E-state index in [1.165, 1.54) is 81.0 Å². The molecule has 1 aliphatic rings. The average molecular weight is 542 g/mol. The predicted octanol–water partition coefficient (Wildman–Crippen LogP) is 11.1. The summed E-state index contributed by atoms with van der Waals surface area (Å²) in [6.07, 6.45) is 0. The molecule has 6 aromatic carbocycles. The van der Waals surface area contributed by atoms with Crippen LogP contribution in [0, 0.1) is 0 Å². The van der Waals surface area contributed by atoms with Crippen LogP contribution in [-0.4, -0.2) is 4.57 Å². The van der Waals surface area contributed by atoms with Gasteiger partial charge in [0.2, 0.25) is 0 Å². The number of fused-ring (bicyclic) bond motifs is 9. The second kappa shape index (κ2) is 8.19. The average Bonchev–Trinajstić information content (AvgIpc) is 3.62. The zero-order valence-corrected chi connectivity index (χ0v) is 23.8. The van der Waals surface area contributed by atoms with Crippen molar-refractivity contribution in [2.75, 3.05) is 0 Å². The number of nitrogens with zero attached hydrogens (tertiary/aromatic N) is 1. The summed E-state index contributed by atoms with van der Waals surface area (Å²) in [5.41, 5.74) is 11.7. The van der Waals surface area contributed by atoms with E-state index in [0.717, 1.165) is 0 Å². The quantitative estimate of drug-likeness (QED) is 0.205. The van der Waals surface area contributed by atoms with Crippen molar-refractivity contribution >= 4 is 53.3 Å². The maximum atomic E-state index is 2.46. The molecule has 2 heterocycles. The van der Waals surface area contributed by atoms with Gasteiger partial charge in [0, 0.05) is 42.0 Å². The van der Waals surface area contributed by atoms with Gasteiger partial charge in [-0.1, -0.05) is 92.7 Å². The number of para-hydroxylation sites is 1. The van der Waals surface area contributed by atoms with Gasteiger partial charge in [0.1, 0.15) is 0 Å². The molecule has 0 bridgehead atoms.